The van der Waals surface area contributed by atoms with E-state index >= 15 is 0 Å². The second-order valence-corrected chi connectivity index (χ2v) is 3.92. The Morgan fingerprint density at radius 2 is 1.88 bits per heavy atom. The summed E-state index contributed by atoms with van der Waals surface area (Å²) >= 11 is 0. The number of hydrogen-bond donors (Lipinski definition) is 1. The Morgan fingerprint density at radius 3 is 2.35 bits per heavy atom. The van der Waals surface area contributed by atoms with E-state index in [1.165, 1.54) is 0 Å². The van der Waals surface area contributed by atoms with Crippen LogP contribution in [0.3, 0.4) is 0 Å². The highest BCUT2D eigenvalue weighted by Crippen LogP contribution is 2.21. The first-order valence-corrected chi connectivity index (χ1v) is 5.29. The van der Waals surface area contributed by atoms with E-state index in [9.17, 15) is 14.4 Å². The van der Waals surface area contributed by atoms with Crippen molar-refractivity contribution >= 4 is 18.0 Å². The van der Waals surface area contributed by atoms with Crippen LogP contribution in [0, 0.1) is 6.92 Å². The molecule has 17 heavy (non-hydrogen) atoms. The van der Waals surface area contributed by atoms with Gasteiger partial charge in [0.25, 0.3) is 0 Å². The van der Waals surface area contributed by atoms with Gasteiger partial charge >= 0.3 is 5.97 Å². The van der Waals surface area contributed by atoms with E-state index in [4.69, 9.17) is 5.11 Å². The predicted molar refractivity (Wildman–Crippen MR) is 61.9 cm³/mol. The van der Waals surface area contributed by atoms with Gasteiger partial charge in [0.15, 0.2) is 0 Å². The molecule has 0 saturated carbocycles. The molecule has 4 nitrogen and oxygen atoms in total. The fraction of sp³-hybridized carbons (Fsp3) is 0.308. The number of aryl methyl sites for hydroxylation is 1. The van der Waals surface area contributed by atoms with Crippen LogP contribution in [0.2, 0.25) is 0 Å². The van der Waals surface area contributed by atoms with Gasteiger partial charge in [-0.1, -0.05) is 29.8 Å². The third-order valence-corrected chi connectivity index (χ3v) is 2.52. The summed E-state index contributed by atoms with van der Waals surface area (Å²) in [6.45, 7) is 1.90. The van der Waals surface area contributed by atoms with E-state index in [2.05, 4.69) is 0 Å². The zero-order valence-electron chi connectivity index (χ0n) is 9.55. The van der Waals surface area contributed by atoms with Crippen molar-refractivity contribution in [3.8, 4) is 0 Å². The average molecular weight is 234 g/mol. The van der Waals surface area contributed by atoms with E-state index in [0.29, 0.717) is 11.8 Å². The summed E-state index contributed by atoms with van der Waals surface area (Å²) < 4.78 is 0. The van der Waals surface area contributed by atoms with E-state index in [0.717, 1.165) is 5.56 Å². The van der Waals surface area contributed by atoms with Crippen molar-refractivity contribution in [1.82, 2.24) is 0 Å². The van der Waals surface area contributed by atoms with E-state index in [1.54, 1.807) is 24.3 Å². The average Bonchev–Trinajstić information content (AvgIpc) is 2.27. The monoisotopic (exact) mass is 234 g/mol. The molecule has 0 saturated heterocycles. The Labute approximate surface area is 99.3 Å². The molecule has 0 amide bonds. The van der Waals surface area contributed by atoms with Gasteiger partial charge in [0.05, 0.1) is 12.3 Å². The van der Waals surface area contributed by atoms with Gasteiger partial charge in [0.2, 0.25) is 0 Å². The van der Waals surface area contributed by atoms with E-state index in [-0.39, 0.29) is 18.6 Å². The molecule has 4 heteroatoms. The van der Waals surface area contributed by atoms with Crippen LogP contribution in [-0.4, -0.2) is 23.1 Å². The quantitative estimate of drug-likeness (QED) is 0.600. The number of carbonyl (C=O) groups excluding carboxylic acids is 2. The largest absolute Gasteiger partial charge is 0.481 e. The molecule has 0 aliphatic heterocycles. The van der Waals surface area contributed by atoms with Crippen LogP contribution in [-0.2, 0) is 14.4 Å². The van der Waals surface area contributed by atoms with E-state index in [1.807, 2.05) is 6.92 Å². The fourth-order valence-electron chi connectivity index (χ4n) is 1.55. The van der Waals surface area contributed by atoms with Crippen molar-refractivity contribution in [2.24, 2.45) is 0 Å². The maximum atomic E-state index is 11.3. The summed E-state index contributed by atoms with van der Waals surface area (Å²) in [5, 5.41) is 9.07. The van der Waals surface area contributed by atoms with E-state index < -0.39 is 11.9 Å². The first-order valence-electron chi connectivity index (χ1n) is 5.29. The molecule has 0 fully saturated rings. The van der Waals surface area contributed by atoms with Crippen LogP contribution < -0.4 is 0 Å². The minimum Gasteiger partial charge on any atom is -0.481 e. The van der Waals surface area contributed by atoms with Crippen LogP contribution in [0.15, 0.2) is 24.3 Å². The summed E-state index contributed by atoms with van der Waals surface area (Å²) in [7, 11) is 0. The molecule has 1 atom stereocenters. The van der Waals surface area contributed by atoms with Crippen molar-refractivity contribution in [2.45, 2.75) is 25.7 Å². The molecule has 0 radical (unpaired) electrons. The number of carboxylic acids is 1. The maximum absolute atomic E-state index is 11.3. The van der Waals surface area contributed by atoms with Gasteiger partial charge in [-0.25, -0.2) is 0 Å². The second kappa shape index (κ2) is 5.94. The summed E-state index contributed by atoms with van der Waals surface area (Å²) in [6.07, 6.45) is 0.128. The van der Waals surface area contributed by atoms with Crippen LogP contribution in [0.1, 0.15) is 29.9 Å². The number of ketones is 1. The molecule has 0 heterocycles. The Hall–Kier alpha value is -1.97. The van der Waals surface area contributed by atoms with Crippen molar-refractivity contribution in [1.29, 1.82) is 0 Å². The number of benzene rings is 1. The zero-order chi connectivity index (χ0) is 12.8. The lowest BCUT2D eigenvalue weighted by Crippen LogP contribution is -2.16. The highest BCUT2D eigenvalue weighted by molar-refractivity contribution is 5.93. The van der Waals surface area contributed by atoms with Crippen molar-refractivity contribution in [2.75, 3.05) is 0 Å². The fourth-order valence-corrected chi connectivity index (χ4v) is 1.55. The minimum absolute atomic E-state index is 0.142. The van der Waals surface area contributed by atoms with Crippen LogP contribution in [0.25, 0.3) is 0 Å². The summed E-state index contributed by atoms with van der Waals surface area (Å²) in [5.74, 6) is -2.27. The third-order valence-electron chi connectivity index (χ3n) is 2.52. The van der Waals surface area contributed by atoms with Crippen LogP contribution >= 0.6 is 0 Å². The Morgan fingerprint density at radius 1 is 1.29 bits per heavy atom. The number of carbonyl (C=O) groups is 3. The number of aldehydes is 1. The normalized spacial score (nSPS) is 11.8. The molecule has 1 N–H and O–H groups in total. The smallest absolute Gasteiger partial charge is 0.311 e. The molecular weight excluding hydrogens is 220 g/mol. The molecule has 0 spiro atoms. The number of hydrogen-bond acceptors (Lipinski definition) is 3. The number of rotatable bonds is 6. The van der Waals surface area contributed by atoms with Gasteiger partial charge in [0.1, 0.15) is 12.1 Å². The standard InChI is InChI=1S/C13H14O4/c1-9-2-4-10(5-3-9)12(13(16)17)8-11(15)6-7-14/h2-5,7,12H,6,8H2,1H3,(H,16,17). The summed E-state index contributed by atoms with van der Waals surface area (Å²) in [6, 6.07) is 7.00. The first-order chi connectivity index (χ1) is 8.04. The van der Waals surface area contributed by atoms with Gasteiger partial charge < -0.3 is 9.90 Å². The zero-order valence-corrected chi connectivity index (χ0v) is 9.55. The van der Waals surface area contributed by atoms with Gasteiger partial charge in [-0.3, -0.25) is 9.59 Å². The Kier molecular flexibility index (Phi) is 4.57. The van der Waals surface area contributed by atoms with Gasteiger partial charge in [-0.15, -0.1) is 0 Å². The van der Waals surface area contributed by atoms with Crippen LogP contribution in [0.4, 0.5) is 0 Å². The predicted octanol–water partition coefficient (Wildman–Crippen LogP) is 1.71. The van der Waals surface area contributed by atoms with Crippen molar-refractivity contribution in [3.63, 3.8) is 0 Å². The Bertz CT molecular complexity index is 420. The summed E-state index contributed by atoms with van der Waals surface area (Å²) in [5.41, 5.74) is 1.61. The molecule has 0 aliphatic rings. The molecule has 0 bridgehead atoms. The lowest BCUT2D eigenvalue weighted by molar-refractivity contribution is -0.140. The highest BCUT2D eigenvalue weighted by Gasteiger charge is 2.22. The molecule has 1 unspecified atom stereocenters. The molecule has 0 aliphatic carbocycles. The van der Waals surface area contributed by atoms with Crippen molar-refractivity contribution < 1.29 is 19.5 Å². The van der Waals surface area contributed by atoms with Crippen LogP contribution in [0.5, 0.6) is 0 Å². The lowest BCUT2D eigenvalue weighted by atomic mass is 9.92. The molecule has 90 valence electrons. The van der Waals surface area contributed by atoms with Gasteiger partial charge in [-0.2, -0.15) is 0 Å². The molecule has 0 aromatic heterocycles. The lowest BCUT2D eigenvalue weighted by Gasteiger charge is -2.11. The molecule has 1 aromatic rings. The van der Waals surface area contributed by atoms with Gasteiger partial charge in [0, 0.05) is 6.42 Å². The SMILES string of the molecule is Cc1ccc(C(CC(=O)CC=O)C(=O)O)cc1. The molecule has 1 rings (SSSR count). The number of Topliss-reactive ketones (excluding diaryl/α,β-unsaturated/α-hetero) is 1. The highest BCUT2D eigenvalue weighted by atomic mass is 16.4. The Balaban J connectivity index is 2.86. The first kappa shape index (κ1) is 13.1. The summed E-state index contributed by atoms with van der Waals surface area (Å²) in [4.78, 5) is 32.6. The number of aliphatic carboxylic acids is 1. The maximum Gasteiger partial charge on any atom is 0.311 e. The third kappa shape index (κ3) is 3.83. The van der Waals surface area contributed by atoms with Crippen molar-refractivity contribution in [3.05, 3.63) is 35.4 Å². The second-order valence-electron chi connectivity index (χ2n) is 3.92. The van der Waals surface area contributed by atoms with Gasteiger partial charge in [-0.05, 0) is 12.5 Å². The minimum atomic E-state index is -1.05. The topological polar surface area (TPSA) is 71.4 Å². The molecule has 1 aromatic carbocycles. The molecular formula is C13H14O4. The number of carboxylic acid groups (broad SMARTS) is 1.